The van der Waals surface area contributed by atoms with E-state index in [0.717, 1.165) is 9.35 Å². The minimum absolute atomic E-state index is 0.214. The molecule has 0 aliphatic heterocycles. The van der Waals surface area contributed by atoms with E-state index < -0.39 is 0 Å². The monoisotopic (exact) mass is 359 g/mol. The summed E-state index contributed by atoms with van der Waals surface area (Å²) in [5.41, 5.74) is 0.414. The van der Waals surface area contributed by atoms with Crippen LogP contribution in [0.4, 0.5) is 5.82 Å². The number of amides is 1. The van der Waals surface area contributed by atoms with Gasteiger partial charge in [0.2, 0.25) is 0 Å². The van der Waals surface area contributed by atoms with Crippen molar-refractivity contribution < 1.29 is 4.79 Å². The highest BCUT2D eigenvalue weighted by Gasteiger charge is 2.12. The lowest BCUT2D eigenvalue weighted by Crippen LogP contribution is -2.22. The van der Waals surface area contributed by atoms with E-state index in [4.69, 9.17) is 11.6 Å². The van der Waals surface area contributed by atoms with E-state index in [1.807, 2.05) is 11.4 Å². The minimum Gasteiger partial charge on any atom is -0.373 e. The number of carbonyl (C=O) groups is 1. The quantitative estimate of drug-likeness (QED) is 0.877. The van der Waals surface area contributed by atoms with Crippen LogP contribution in [0.1, 0.15) is 15.2 Å². The van der Waals surface area contributed by atoms with Gasteiger partial charge >= 0.3 is 0 Å². The SMILES string of the molecule is CNc1cc(C(=O)NCc2cc(Br)cs2)c(Cl)cn1. The molecule has 0 bridgehead atoms. The third kappa shape index (κ3) is 3.68. The average molecular weight is 361 g/mol. The normalized spacial score (nSPS) is 10.3. The van der Waals surface area contributed by atoms with Gasteiger partial charge in [-0.25, -0.2) is 4.98 Å². The van der Waals surface area contributed by atoms with Crippen molar-refractivity contribution in [3.63, 3.8) is 0 Å². The van der Waals surface area contributed by atoms with Crippen molar-refractivity contribution in [2.75, 3.05) is 12.4 Å². The molecule has 0 radical (unpaired) electrons. The molecule has 4 nitrogen and oxygen atoms in total. The predicted molar refractivity (Wildman–Crippen MR) is 82.0 cm³/mol. The zero-order chi connectivity index (χ0) is 13.8. The van der Waals surface area contributed by atoms with Gasteiger partial charge in [0.05, 0.1) is 17.1 Å². The highest BCUT2D eigenvalue weighted by molar-refractivity contribution is 9.10. The number of thiophene rings is 1. The smallest absolute Gasteiger partial charge is 0.253 e. The number of carbonyl (C=O) groups excluding carboxylic acids is 1. The summed E-state index contributed by atoms with van der Waals surface area (Å²) in [6.07, 6.45) is 1.46. The second-order valence-corrected chi connectivity index (χ2v) is 6.03. The van der Waals surface area contributed by atoms with Crippen LogP contribution in [0.15, 0.2) is 28.2 Å². The third-order valence-corrected chi connectivity index (χ3v) is 4.40. The topological polar surface area (TPSA) is 54.0 Å². The first-order valence-corrected chi connectivity index (χ1v) is 7.49. The van der Waals surface area contributed by atoms with E-state index >= 15 is 0 Å². The highest BCUT2D eigenvalue weighted by Crippen LogP contribution is 2.20. The lowest BCUT2D eigenvalue weighted by Gasteiger charge is -2.07. The molecule has 0 unspecified atom stereocenters. The van der Waals surface area contributed by atoms with Crippen molar-refractivity contribution in [3.05, 3.63) is 43.6 Å². The Morgan fingerprint density at radius 1 is 1.53 bits per heavy atom. The predicted octanol–water partition coefficient (Wildman–Crippen LogP) is 3.53. The summed E-state index contributed by atoms with van der Waals surface area (Å²) < 4.78 is 1.01. The Labute approximate surface area is 128 Å². The van der Waals surface area contributed by atoms with Gasteiger partial charge in [0.15, 0.2) is 0 Å². The minimum atomic E-state index is -0.214. The zero-order valence-electron chi connectivity index (χ0n) is 10.0. The van der Waals surface area contributed by atoms with Crippen LogP contribution >= 0.6 is 38.9 Å². The van der Waals surface area contributed by atoms with Gasteiger partial charge in [-0.15, -0.1) is 11.3 Å². The molecule has 19 heavy (non-hydrogen) atoms. The molecular formula is C12H11BrClN3OS. The Morgan fingerprint density at radius 2 is 2.32 bits per heavy atom. The van der Waals surface area contributed by atoms with Crippen molar-refractivity contribution in [1.29, 1.82) is 0 Å². The molecule has 0 spiro atoms. The molecule has 0 aromatic carbocycles. The molecule has 2 N–H and O–H groups in total. The largest absolute Gasteiger partial charge is 0.373 e. The summed E-state index contributed by atoms with van der Waals surface area (Å²) in [5.74, 6) is 0.391. The van der Waals surface area contributed by atoms with E-state index in [9.17, 15) is 4.79 Å². The lowest BCUT2D eigenvalue weighted by atomic mass is 10.2. The number of nitrogens with zero attached hydrogens (tertiary/aromatic N) is 1. The summed E-state index contributed by atoms with van der Waals surface area (Å²) in [6.45, 7) is 0.475. The Hall–Kier alpha value is -1.11. The van der Waals surface area contributed by atoms with Crippen LogP contribution in [-0.4, -0.2) is 17.9 Å². The molecule has 2 rings (SSSR count). The molecule has 100 valence electrons. The number of hydrogen-bond acceptors (Lipinski definition) is 4. The maximum atomic E-state index is 12.1. The van der Waals surface area contributed by atoms with Gasteiger partial charge < -0.3 is 10.6 Å². The van der Waals surface area contributed by atoms with Crippen LogP contribution in [0.25, 0.3) is 0 Å². The van der Waals surface area contributed by atoms with Crippen molar-refractivity contribution in [2.45, 2.75) is 6.54 Å². The fraction of sp³-hybridized carbons (Fsp3) is 0.167. The summed E-state index contributed by atoms with van der Waals surface area (Å²) in [7, 11) is 1.74. The fourth-order valence-electron chi connectivity index (χ4n) is 1.46. The number of anilines is 1. The van der Waals surface area contributed by atoms with E-state index in [1.54, 1.807) is 24.5 Å². The molecule has 1 amide bonds. The number of rotatable bonds is 4. The fourth-order valence-corrected chi connectivity index (χ4v) is 3.04. The van der Waals surface area contributed by atoms with Gasteiger partial charge in [0.1, 0.15) is 5.82 Å². The molecule has 0 saturated carbocycles. The average Bonchev–Trinajstić information content (AvgIpc) is 2.82. The summed E-state index contributed by atoms with van der Waals surface area (Å²) in [6, 6.07) is 3.60. The van der Waals surface area contributed by atoms with E-state index in [-0.39, 0.29) is 5.91 Å². The maximum absolute atomic E-state index is 12.1. The van der Waals surface area contributed by atoms with Crippen molar-refractivity contribution >= 4 is 50.6 Å². The van der Waals surface area contributed by atoms with Gasteiger partial charge in [0.25, 0.3) is 5.91 Å². The summed E-state index contributed by atoms with van der Waals surface area (Å²) in [5, 5.41) is 8.01. The van der Waals surface area contributed by atoms with E-state index in [2.05, 4.69) is 31.5 Å². The zero-order valence-corrected chi connectivity index (χ0v) is 13.2. The van der Waals surface area contributed by atoms with Crippen LogP contribution in [0.3, 0.4) is 0 Å². The van der Waals surface area contributed by atoms with Gasteiger partial charge in [-0.3, -0.25) is 4.79 Å². The van der Waals surface area contributed by atoms with Crippen LogP contribution in [0.2, 0.25) is 5.02 Å². The van der Waals surface area contributed by atoms with Crippen molar-refractivity contribution in [1.82, 2.24) is 10.3 Å². The Kier molecular flexibility index (Phi) is 4.79. The first-order chi connectivity index (χ1) is 9.10. The lowest BCUT2D eigenvalue weighted by molar-refractivity contribution is 0.0951. The molecule has 7 heteroatoms. The molecule has 0 fully saturated rings. The summed E-state index contributed by atoms with van der Waals surface area (Å²) >= 11 is 10.9. The van der Waals surface area contributed by atoms with Gasteiger partial charge in [-0.05, 0) is 28.1 Å². The molecular weight excluding hydrogens is 350 g/mol. The molecule has 0 saturated heterocycles. The Balaban J connectivity index is 2.07. The molecule has 2 aromatic rings. The molecule has 2 heterocycles. The van der Waals surface area contributed by atoms with Gasteiger partial charge in [-0.1, -0.05) is 11.6 Å². The maximum Gasteiger partial charge on any atom is 0.253 e. The van der Waals surface area contributed by atoms with Crippen LogP contribution < -0.4 is 10.6 Å². The standard InChI is InChI=1S/C12H11BrClN3OS/c1-15-11-3-9(10(14)5-16-11)12(18)17-4-8-2-7(13)6-19-8/h2-3,5-6H,4H2,1H3,(H,15,16)(H,17,18). The van der Waals surface area contributed by atoms with Crippen molar-refractivity contribution in [2.24, 2.45) is 0 Å². The molecule has 0 aliphatic carbocycles. The second kappa shape index (κ2) is 6.36. The second-order valence-electron chi connectivity index (χ2n) is 3.71. The van der Waals surface area contributed by atoms with Gasteiger partial charge in [0, 0.05) is 28.0 Å². The third-order valence-electron chi connectivity index (χ3n) is 2.40. The van der Waals surface area contributed by atoms with Crippen LogP contribution in [0.5, 0.6) is 0 Å². The first-order valence-electron chi connectivity index (χ1n) is 5.44. The van der Waals surface area contributed by atoms with Crippen LogP contribution in [0, 0.1) is 0 Å². The van der Waals surface area contributed by atoms with E-state index in [1.165, 1.54) is 6.20 Å². The van der Waals surface area contributed by atoms with Crippen LogP contribution in [-0.2, 0) is 6.54 Å². The number of aromatic nitrogens is 1. The number of nitrogens with one attached hydrogen (secondary N) is 2. The summed E-state index contributed by atoms with van der Waals surface area (Å²) in [4.78, 5) is 17.2. The first kappa shape index (κ1) is 14.3. The van der Waals surface area contributed by atoms with Crippen molar-refractivity contribution in [3.8, 4) is 0 Å². The Bertz CT molecular complexity index is 602. The number of pyridine rings is 1. The number of halogens is 2. The molecule has 2 aromatic heterocycles. The van der Waals surface area contributed by atoms with Gasteiger partial charge in [-0.2, -0.15) is 0 Å². The number of hydrogen-bond donors (Lipinski definition) is 2. The molecule has 0 atom stereocenters. The molecule has 0 aliphatic rings. The van der Waals surface area contributed by atoms with E-state index in [0.29, 0.717) is 22.9 Å². The highest BCUT2D eigenvalue weighted by atomic mass is 79.9. The Morgan fingerprint density at radius 3 is 2.95 bits per heavy atom.